The summed E-state index contributed by atoms with van der Waals surface area (Å²) in [5.74, 6) is -0.974. The van der Waals surface area contributed by atoms with E-state index < -0.39 is 23.3 Å². The number of carbonyl (C=O) groups excluding carboxylic acids is 1. The number of primary amides is 1. The van der Waals surface area contributed by atoms with Crippen molar-refractivity contribution in [3.63, 3.8) is 0 Å². The van der Waals surface area contributed by atoms with Crippen LogP contribution in [0.25, 0.3) is 27.8 Å². The third-order valence-electron chi connectivity index (χ3n) is 5.00. The minimum Gasteiger partial charge on any atom is -0.449 e. The quantitative estimate of drug-likeness (QED) is 0.515. The molecular formula is C24H18F2N2O3. The molecule has 156 valence electrons. The van der Waals surface area contributed by atoms with Crippen LogP contribution in [0, 0.1) is 11.6 Å². The average molecular weight is 420 g/mol. The lowest BCUT2D eigenvalue weighted by atomic mass is 9.90. The van der Waals surface area contributed by atoms with E-state index in [1.807, 2.05) is 6.07 Å². The van der Waals surface area contributed by atoms with E-state index in [0.29, 0.717) is 33.3 Å². The van der Waals surface area contributed by atoms with Gasteiger partial charge in [0.1, 0.15) is 11.6 Å². The van der Waals surface area contributed by atoms with Crippen LogP contribution in [0.5, 0.6) is 0 Å². The van der Waals surface area contributed by atoms with Crippen LogP contribution in [0.3, 0.4) is 0 Å². The Balaban J connectivity index is 2.10. The molecule has 0 aliphatic rings. The standard InChI is InChI=1S/C24H18F2N2O3/c25-17-8-6-16(7-9-17)21-19(12-13-31-24(27)30)22(15-4-2-1-3-5-15)23(29)28-14-18(26)10-11-20(21)28/h1-11,14H,12-13H2,(H2,27,30). The van der Waals surface area contributed by atoms with Gasteiger partial charge in [-0.15, -0.1) is 0 Å². The van der Waals surface area contributed by atoms with Crippen molar-refractivity contribution in [3.8, 4) is 22.3 Å². The van der Waals surface area contributed by atoms with E-state index in [0.717, 1.165) is 6.20 Å². The summed E-state index contributed by atoms with van der Waals surface area (Å²) >= 11 is 0. The van der Waals surface area contributed by atoms with Crippen molar-refractivity contribution in [2.24, 2.45) is 5.73 Å². The number of amides is 1. The van der Waals surface area contributed by atoms with Crippen molar-refractivity contribution in [2.45, 2.75) is 6.42 Å². The number of hydrogen-bond acceptors (Lipinski definition) is 3. The summed E-state index contributed by atoms with van der Waals surface area (Å²) in [6.07, 6.45) is 0.383. The van der Waals surface area contributed by atoms with Crippen LogP contribution in [0.15, 0.2) is 77.7 Å². The molecule has 0 atom stereocenters. The minimum atomic E-state index is -0.927. The third kappa shape index (κ3) is 4.02. The van der Waals surface area contributed by atoms with Crippen LogP contribution in [0.1, 0.15) is 5.56 Å². The normalized spacial score (nSPS) is 10.9. The summed E-state index contributed by atoms with van der Waals surface area (Å²) < 4.78 is 33.8. The summed E-state index contributed by atoms with van der Waals surface area (Å²) in [4.78, 5) is 24.5. The van der Waals surface area contributed by atoms with Gasteiger partial charge in [0.25, 0.3) is 5.56 Å². The lowest BCUT2D eigenvalue weighted by Crippen LogP contribution is -2.21. The highest BCUT2D eigenvalue weighted by Crippen LogP contribution is 2.34. The molecule has 0 spiro atoms. The number of benzene rings is 2. The van der Waals surface area contributed by atoms with Gasteiger partial charge in [0, 0.05) is 18.2 Å². The van der Waals surface area contributed by atoms with Crippen LogP contribution >= 0.6 is 0 Å². The Hall–Kier alpha value is -4.00. The van der Waals surface area contributed by atoms with Gasteiger partial charge < -0.3 is 10.5 Å². The maximum absolute atomic E-state index is 14.0. The fourth-order valence-corrected chi connectivity index (χ4v) is 3.72. The maximum Gasteiger partial charge on any atom is 0.404 e. The zero-order chi connectivity index (χ0) is 22.0. The number of carbonyl (C=O) groups is 1. The van der Waals surface area contributed by atoms with E-state index in [-0.39, 0.29) is 13.0 Å². The van der Waals surface area contributed by atoms with Gasteiger partial charge in [0.2, 0.25) is 0 Å². The summed E-state index contributed by atoms with van der Waals surface area (Å²) in [7, 11) is 0. The molecule has 4 aromatic rings. The molecule has 0 aliphatic carbocycles. The second kappa shape index (κ2) is 8.39. The van der Waals surface area contributed by atoms with Gasteiger partial charge in [-0.05, 0) is 41.0 Å². The van der Waals surface area contributed by atoms with Crippen LogP contribution < -0.4 is 11.3 Å². The number of halogens is 2. The smallest absolute Gasteiger partial charge is 0.404 e. The van der Waals surface area contributed by atoms with Gasteiger partial charge in [-0.25, -0.2) is 13.6 Å². The summed E-state index contributed by atoms with van der Waals surface area (Å²) in [5, 5.41) is 0. The van der Waals surface area contributed by atoms with E-state index in [1.165, 1.54) is 28.7 Å². The first-order valence-electron chi connectivity index (χ1n) is 9.56. The molecule has 2 heterocycles. The molecule has 4 rings (SSSR count). The highest BCUT2D eigenvalue weighted by atomic mass is 19.1. The topological polar surface area (TPSA) is 73.8 Å². The van der Waals surface area contributed by atoms with Crippen LogP contribution in [-0.4, -0.2) is 17.1 Å². The van der Waals surface area contributed by atoms with Crippen LogP contribution in [0.2, 0.25) is 0 Å². The molecular weight excluding hydrogens is 402 g/mol. The van der Waals surface area contributed by atoms with Crippen LogP contribution in [-0.2, 0) is 11.2 Å². The summed E-state index contributed by atoms with van der Waals surface area (Å²) in [6, 6.07) is 17.5. The summed E-state index contributed by atoms with van der Waals surface area (Å²) in [6.45, 7) is -0.0554. The third-order valence-corrected chi connectivity index (χ3v) is 5.00. The molecule has 2 N–H and O–H groups in total. The molecule has 2 aromatic heterocycles. The Morgan fingerprint density at radius 3 is 2.19 bits per heavy atom. The van der Waals surface area contributed by atoms with Gasteiger partial charge in [0.05, 0.1) is 17.7 Å². The second-order valence-electron chi connectivity index (χ2n) is 6.93. The summed E-state index contributed by atoms with van der Waals surface area (Å²) in [5.41, 5.74) is 7.95. The number of ether oxygens (including phenoxy) is 1. The number of aromatic nitrogens is 1. The molecule has 0 radical (unpaired) electrons. The van der Waals surface area contributed by atoms with Gasteiger partial charge in [0.15, 0.2) is 0 Å². The van der Waals surface area contributed by atoms with Crippen molar-refractivity contribution in [2.75, 3.05) is 6.61 Å². The molecule has 7 heteroatoms. The monoisotopic (exact) mass is 420 g/mol. The number of nitrogens with two attached hydrogens (primary N) is 1. The lowest BCUT2D eigenvalue weighted by Gasteiger charge is -2.19. The van der Waals surface area contributed by atoms with Gasteiger partial charge >= 0.3 is 6.09 Å². The largest absolute Gasteiger partial charge is 0.449 e. The molecule has 0 aliphatic heterocycles. The first-order chi connectivity index (χ1) is 15.0. The van der Waals surface area contributed by atoms with E-state index in [1.54, 1.807) is 36.4 Å². The Labute approximate surface area is 176 Å². The Morgan fingerprint density at radius 1 is 0.871 bits per heavy atom. The minimum absolute atomic E-state index is 0.0554. The molecule has 31 heavy (non-hydrogen) atoms. The Kier molecular flexibility index (Phi) is 5.49. The zero-order valence-electron chi connectivity index (χ0n) is 16.3. The molecule has 2 aromatic carbocycles. The molecule has 0 saturated heterocycles. The highest BCUT2D eigenvalue weighted by molar-refractivity contribution is 5.88. The fraction of sp³-hybridized carbons (Fsp3) is 0.0833. The van der Waals surface area contributed by atoms with Crippen molar-refractivity contribution >= 4 is 11.6 Å². The zero-order valence-corrected chi connectivity index (χ0v) is 16.3. The van der Waals surface area contributed by atoms with E-state index in [2.05, 4.69) is 0 Å². The molecule has 0 saturated carbocycles. The van der Waals surface area contributed by atoms with Crippen molar-refractivity contribution in [1.82, 2.24) is 4.40 Å². The average Bonchev–Trinajstić information content (AvgIpc) is 2.76. The van der Waals surface area contributed by atoms with Crippen molar-refractivity contribution < 1.29 is 18.3 Å². The number of fused-ring (bicyclic) bond motifs is 1. The number of rotatable bonds is 5. The molecule has 1 amide bonds. The molecule has 0 fully saturated rings. The van der Waals surface area contributed by atoms with E-state index in [4.69, 9.17) is 10.5 Å². The first kappa shape index (κ1) is 20.3. The second-order valence-corrected chi connectivity index (χ2v) is 6.93. The number of hydrogen-bond donors (Lipinski definition) is 1. The van der Waals surface area contributed by atoms with Gasteiger partial charge in [-0.2, -0.15) is 0 Å². The van der Waals surface area contributed by atoms with Gasteiger partial charge in [-0.3, -0.25) is 9.20 Å². The van der Waals surface area contributed by atoms with Crippen LogP contribution in [0.4, 0.5) is 13.6 Å². The van der Waals surface area contributed by atoms with Crippen molar-refractivity contribution in [1.29, 1.82) is 0 Å². The molecule has 0 bridgehead atoms. The SMILES string of the molecule is NC(=O)OCCc1c(-c2ccccc2)c(=O)n2cc(F)ccc2c1-c1ccc(F)cc1. The van der Waals surface area contributed by atoms with Gasteiger partial charge in [-0.1, -0.05) is 42.5 Å². The Bertz CT molecular complexity index is 1320. The predicted octanol–water partition coefficient (Wildman–Crippen LogP) is 4.55. The number of nitrogens with zero attached hydrogens (tertiary/aromatic N) is 1. The molecule has 0 unspecified atom stereocenters. The first-order valence-corrected chi connectivity index (χ1v) is 9.56. The molecule has 5 nitrogen and oxygen atoms in total. The van der Waals surface area contributed by atoms with E-state index >= 15 is 0 Å². The number of pyridine rings is 2. The Morgan fingerprint density at radius 2 is 1.52 bits per heavy atom. The van der Waals surface area contributed by atoms with Crippen molar-refractivity contribution in [3.05, 3.63) is 100 Å². The highest BCUT2D eigenvalue weighted by Gasteiger charge is 2.21. The fourth-order valence-electron chi connectivity index (χ4n) is 3.72. The van der Waals surface area contributed by atoms with E-state index in [9.17, 15) is 18.4 Å². The predicted molar refractivity (Wildman–Crippen MR) is 114 cm³/mol. The maximum atomic E-state index is 14.0. The lowest BCUT2D eigenvalue weighted by molar-refractivity contribution is 0.158.